The maximum Gasteiger partial charge on any atom is 0.416 e. The van der Waals surface area contributed by atoms with Gasteiger partial charge in [0.05, 0.1) is 11.7 Å². The Morgan fingerprint density at radius 3 is 2.45 bits per heavy atom. The van der Waals surface area contributed by atoms with Gasteiger partial charge in [-0.3, -0.25) is 0 Å². The van der Waals surface area contributed by atoms with Gasteiger partial charge in [0.25, 0.3) is 0 Å². The molecule has 0 aliphatic heterocycles. The van der Waals surface area contributed by atoms with E-state index in [4.69, 9.17) is 0 Å². The number of nitrogens with one attached hydrogen (secondary N) is 1. The van der Waals surface area contributed by atoms with Crippen LogP contribution in [0.15, 0.2) is 24.3 Å². The van der Waals surface area contributed by atoms with E-state index in [1.165, 1.54) is 12.1 Å². The van der Waals surface area contributed by atoms with Crippen LogP contribution in [0.5, 0.6) is 0 Å². The molecular weight excluding hydrogens is 267 g/mol. The summed E-state index contributed by atoms with van der Waals surface area (Å²) in [6, 6.07) is 5.59. The third-order valence-electron chi connectivity index (χ3n) is 3.90. The van der Waals surface area contributed by atoms with Gasteiger partial charge in [0.1, 0.15) is 0 Å². The summed E-state index contributed by atoms with van der Waals surface area (Å²) in [5.74, 6) is 0. The lowest BCUT2D eigenvalue weighted by Crippen LogP contribution is -2.36. The Labute approximate surface area is 117 Å². The largest absolute Gasteiger partial charge is 0.416 e. The lowest BCUT2D eigenvalue weighted by Gasteiger charge is -2.29. The minimum absolute atomic E-state index is 0.127. The summed E-state index contributed by atoms with van der Waals surface area (Å²) in [5.41, 5.74) is 0.0358. The first-order chi connectivity index (χ1) is 9.36. The highest BCUT2D eigenvalue weighted by Gasteiger charge is 2.31. The van der Waals surface area contributed by atoms with Crippen molar-refractivity contribution in [1.29, 1.82) is 0 Å². The van der Waals surface area contributed by atoms with Gasteiger partial charge in [0, 0.05) is 12.1 Å². The Bertz CT molecular complexity index is 439. The van der Waals surface area contributed by atoms with E-state index in [1.807, 2.05) is 6.92 Å². The molecule has 2 rings (SSSR count). The second-order valence-electron chi connectivity index (χ2n) is 5.52. The van der Waals surface area contributed by atoms with Crippen LogP contribution in [0, 0.1) is 0 Å². The summed E-state index contributed by atoms with van der Waals surface area (Å²) in [4.78, 5) is 0. The van der Waals surface area contributed by atoms with Gasteiger partial charge in [-0.2, -0.15) is 13.2 Å². The van der Waals surface area contributed by atoms with E-state index < -0.39 is 11.7 Å². The summed E-state index contributed by atoms with van der Waals surface area (Å²) >= 11 is 0. The van der Waals surface area contributed by atoms with Crippen LogP contribution in [0.2, 0.25) is 0 Å². The van der Waals surface area contributed by atoms with Gasteiger partial charge in [-0.1, -0.05) is 12.1 Å². The number of aliphatic hydroxyl groups excluding tert-OH is 1. The van der Waals surface area contributed by atoms with Gasteiger partial charge in [-0.05, 0) is 50.3 Å². The van der Waals surface area contributed by atoms with Gasteiger partial charge < -0.3 is 10.4 Å². The quantitative estimate of drug-likeness (QED) is 0.889. The Morgan fingerprint density at radius 1 is 1.20 bits per heavy atom. The molecule has 1 aromatic rings. The number of benzene rings is 1. The van der Waals surface area contributed by atoms with E-state index in [0.717, 1.165) is 31.7 Å². The van der Waals surface area contributed by atoms with Gasteiger partial charge in [0.15, 0.2) is 0 Å². The molecule has 0 amide bonds. The summed E-state index contributed by atoms with van der Waals surface area (Å²) in [6.07, 6.45) is -1.28. The highest BCUT2D eigenvalue weighted by atomic mass is 19.4. The molecule has 1 aliphatic rings. The van der Waals surface area contributed by atoms with Crippen LogP contribution < -0.4 is 5.32 Å². The zero-order valence-corrected chi connectivity index (χ0v) is 11.5. The van der Waals surface area contributed by atoms with Crippen LogP contribution in [-0.4, -0.2) is 17.3 Å². The normalized spacial score (nSPS) is 25.4. The van der Waals surface area contributed by atoms with Gasteiger partial charge >= 0.3 is 6.18 Å². The average Bonchev–Trinajstić information content (AvgIpc) is 2.40. The average molecular weight is 287 g/mol. The van der Waals surface area contributed by atoms with Crippen molar-refractivity contribution >= 4 is 0 Å². The highest BCUT2D eigenvalue weighted by molar-refractivity contribution is 5.27. The molecule has 0 heterocycles. The molecule has 1 aromatic carbocycles. The molecule has 2 N–H and O–H groups in total. The zero-order valence-electron chi connectivity index (χ0n) is 11.5. The summed E-state index contributed by atoms with van der Waals surface area (Å²) in [6.45, 7) is 1.88. The molecule has 1 aliphatic carbocycles. The fraction of sp³-hybridized carbons (Fsp3) is 0.600. The van der Waals surface area contributed by atoms with E-state index in [-0.39, 0.29) is 18.2 Å². The van der Waals surface area contributed by atoms with Crippen molar-refractivity contribution < 1.29 is 18.3 Å². The zero-order chi connectivity index (χ0) is 14.8. The predicted molar refractivity (Wildman–Crippen MR) is 71.3 cm³/mol. The first kappa shape index (κ1) is 15.3. The van der Waals surface area contributed by atoms with Crippen molar-refractivity contribution in [2.75, 3.05) is 0 Å². The molecule has 0 spiro atoms. The van der Waals surface area contributed by atoms with Gasteiger partial charge in [-0.25, -0.2) is 0 Å². The van der Waals surface area contributed by atoms with Crippen molar-refractivity contribution in [2.24, 2.45) is 0 Å². The molecule has 1 saturated carbocycles. The number of halogens is 3. The maximum atomic E-state index is 12.7. The van der Waals surface area contributed by atoms with Crippen LogP contribution in [0.4, 0.5) is 13.2 Å². The van der Waals surface area contributed by atoms with Crippen molar-refractivity contribution in [3.63, 3.8) is 0 Å². The molecule has 1 fully saturated rings. The van der Waals surface area contributed by atoms with Crippen LogP contribution in [0.3, 0.4) is 0 Å². The lowest BCUT2D eigenvalue weighted by molar-refractivity contribution is -0.137. The Morgan fingerprint density at radius 2 is 1.85 bits per heavy atom. The van der Waals surface area contributed by atoms with Crippen molar-refractivity contribution in [3.05, 3.63) is 35.4 Å². The van der Waals surface area contributed by atoms with Crippen molar-refractivity contribution in [3.8, 4) is 0 Å². The van der Waals surface area contributed by atoms with E-state index in [1.54, 1.807) is 6.07 Å². The first-order valence-electron chi connectivity index (χ1n) is 6.97. The number of hydrogen-bond donors (Lipinski definition) is 2. The molecule has 0 saturated heterocycles. The molecule has 1 atom stereocenters. The molecule has 0 bridgehead atoms. The van der Waals surface area contributed by atoms with E-state index in [0.29, 0.717) is 5.56 Å². The fourth-order valence-electron chi connectivity index (χ4n) is 2.68. The SMILES string of the molecule is CC(NC1CCC(O)CC1)c1cccc(C(F)(F)F)c1. The van der Waals surface area contributed by atoms with Crippen molar-refractivity contribution in [2.45, 2.75) is 57.0 Å². The van der Waals surface area contributed by atoms with Crippen LogP contribution in [0.25, 0.3) is 0 Å². The standard InChI is InChI=1S/C15H20F3NO/c1-10(19-13-5-7-14(20)8-6-13)11-3-2-4-12(9-11)15(16,17)18/h2-4,9-10,13-14,19-20H,5-8H2,1H3. The second-order valence-corrected chi connectivity index (χ2v) is 5.52. The van der Waals surface area contributed by atoms with Gasteiger partial charge in [0.2, 0.25) is 0 Å². The fourth-order valence-corrected chi connectivity index (χ4v) is 2.68. The molecule has 1 unspecified atom stereocenters. The number of hydrogen-bond acceptors (Lipinski definition) is 2. The van der Waals surface area contributed by atoms with Crippen LogP contribution >= 0.6 is 0 Å². The first-order valence-corrected chi connectivity index (χ1v) is 6.97. The summed E-state index contributed by atoms with van der Waals surface area (Å²) in [5, 5.41) is 12.8. The van der Waals surface area contributed by atoms with E-state index in [9.17, 15) is 18.3 Å². The molecule has 20 heavy (non-hydrogen) atoms. The Hall–Kier alpha value is -1.07. The number of alkyl halides is 3. The van der Waals surface area contributed by atoms with Crippen LogP contribution in [0.1, 0.15) is 49.8 Å². The number of rotatable bonds is 3. The lowest BCUT2D eigenvalue weighted by atomic mass is 9.92. The predicted octanol–water partition coefficient (Wildman–Crippen LogP) is 3.66. The van der Waals surface area contributed by atoms with Gasteiger partial charge in [-0.15, -0.1) is 0 Å². The second kappa shape index (κ2) is 6.14. The van der Waals surface area contributed by atoms with E-state index in [2.05, 4.69) is 5.32 Å². The molecule has 0 aromatic heterocycles. The summed E-state index contributed by atoms with van der Waals surface area (Å²) in [7, 11) is 0. The summed E-state index contributed by atoms with van der Waals surface area (Å²) < 4.78 is 38.1. The smallest absolute Gasteiger partial charge is 0.393 e. The maximum absolute atomic E-state index is 12.7. The molecule has 112 valence electrons. The third-order valence-corrected chi connectivity index (χ3v) is 3.90. The minimum atomic E-state index is -4.30. The molecular formula is C15H20F3NO. The molecule has 0 radical (unpaired) electrons. The van der Waals surface area contributed by atoms with Crippen molar-refractivity contribution in [1.82, 2.24) is 5.32 Å². The molecule has 5 heteroatoms. The Kier molecular flexibility index (Phi) is 4.70. The van der Waals surface area contributed by atoms with E-state index >= 15 is 0 Å². The minimum Gasteiger partial charge on any atom is -0.393 e. The highest BCUT2D eigenvalue weighted by Crippen LogP contribution is 2.31. The Balaban J connectivity index is 2.00. The topological polar surface area (TPSA) is 32.3 Å². The van der Waals surface area contributed by atoms with Crippen LogP contribution in [-0.2, 0) is 6.18 Å². The number of aliphatic hydroxyl groups is 1. The monoisotopic (exact) mass is 287 g/mol. The third kappa shape index (κ3) is 3.96. The molecule has 2 nitrogen and oxygen atoms in total.